The van der Waals surface area contributed by atoms with Crippen molar-refractivity contribution in [3.05, 3.63) is 35.4 Å². The summed E-state index contributed by atoms with van der Waals surface area (Å²) in [6, 6.07) is 4.92. The topological polar surface area (TPSA) is 29.1 Å². The second-order valence-electron chi connectivity index (χ2n) is 5.39. The molecule has 0 aromatic heterocycles. The second kappa shape index (κ2) is 6.81. The van der Waals surface area contributed by atoms with Crippen LogP contribution < -0.4 is 5.32 Å². The first-order valence-electron chi connectivity index (χ1n) is 6.94. The summed E-state index contributed by atoms with van der Waals surface area (Å²) in [5, 5.41) is 2.95. The summed E-state index contributed by atoms with van der Waals surface area (Å²) in [5.74, 6) is -0.132. The Morgan fingerprint density at radius 3 is 2.24 bits per heavy atom. The van der Waals surface area contributed by atoms with Gasteiger partial charge in [0.25, 0.3) is 0 Å². The summed E-state index contributed by atoms with van der Waals surface area (Å²) >= 11 is 3.55. The average molecular weight is 364 g/mol. The monoisotopic (exact) mass is 363 g/mol. The van der Waals surface area contributed by atoms with Crippen molar-refractivity contribution >= 4 is 21.8 Å². The van der Waals surface area contributed by atoms with Crippen LogP contribution >= 0.6 is 15.9 Å². The number of carbonyl (C=O) groups is 1. The number of carbonyl (C=O) groups excluding carboxylic acids is 1. The maximum Gasteiger partial charge on any atom is 0.416 e. The van der Waals surface area contributed by atoms with E-state index in [9.17, 15) is 18.0 Å². The highest BCUT2D eigenvalue weighted by molar-refractivity contribution is 9.09. The number of hydrogen-bond donors (Lipinski definition) is 1. The molecule has 21 heavy (non-hydrogen) atoms. The first-order chi connectivity index (χ1) is 9.84. The van der Waals surface area contributed by atoms with Gasteiger partial charge in [0.05, 0.1) is 12.0 Å². The molecule has 0 unspecified atom stereocenters. The lowest BCUT2D eigenvalue weighted by Gasteiger charge is -2.26. The Kier molecular flexibility index (Phi) is 5.30. The summed E-state index contributed by atoms with van der Waals surface area (Å²) in [6.45, 7) is 0. The van der Waals surface area contributed by atoms with Crippen LogP contribution in [0.2, 0.25) is 0 Å². The third-order valence-corrected chi connectivity index (χ3v) is 4.58. The van der Waals surface area contributed by atoms with Crippen LogP contribution in [0.3, 0.4) is 0 Å². The van der Waals surface area contributed by atoms with Gasteiger partial charge in [-0.1, -0.05) is 28.1 Å². The minimum Gasteiger partial charge on any atom is -0.353 e. The summed E-state index contributed by atoms with van der Waals surface area (Å²) in [5.41, 5.74) is -0.100. The zero-order valence-corrected chi connectivity index (χ0v) is 13.0. The Morgan fingerprint density at radius 1 is 1.14 bits per heavy atom. The number of benzene rings is 1. The predicted molar refractivity (Wildman–Crippen MR) is 78.3 cm³/mol. The molecule has 0 spiro atoms. The molecule has 0 saturated heterocycles. The molecule has 1 N–H and O–H groups in total. The molecule has 0 aliphatic heterocycles. The summed E-state index contributed by atoms with van der Waals surface area (Å²) < 4.78 is 37.3. The van der Waals surface area contributed by atoms with Crippen LogP contribution in [0, 0.1) is 0 Å². The van der Waals surface area contributed by atoms with Crippen molar-refractivity contribution in [2.75, 3.05) is 0 Å². The van der Waals surface area contributed by atoms with Crippen molar-refractivity contribution in [2.24, 2.45) is 0 Å². The molecule has 1 amide bonds. The van der Waals surface area contributed by atoms with Gasteiger partial charge in [0.15, 0.2) is 0 Å². The van der Waals surface area contributed by atoms with E-state index >= 15 is 0 Å². The first kappa shape index (κ1) is 16.3. The smallest absolute Gasteiger partial charge is 0.353 e. The van der Waals surface area contributed by atoms with Gasteiger partial charge < -0.3 is 5.32 Å². The molecule has 116 valence electrons. The predicted octanol–water partition coefficient (Wildman–Crippen LogP) is 4.07. The number of hydrogen-bond acceptors (Lipinski definition) is 1. The highest BCUT2D eigenvalue weighted by atomic mass is 79.9. The summed E-state index contributed by atoms with van der Waals surface area (Å²) in [7, 11) is 0. The lowest BCUT2D eigenvalue weighted by Crippen LogP contribution is -2.38. The molecule has 1 aromatic carbocycles. The van der Waals surface area contributed by atoms with E-state index in [1.807, 2.05) is 0 Å². The van der Waals surface area contributed by atoms with Gasteiger partial charge in [-0.25, -0.2) is 0 Å². The fraction of sp³-hybridized carbons (Fsp3) is 0.533. The minimum absolute atomic E-state index is 0.117. The van der Waals surface area contributed by atoms with Crippen LogP contribution in [-0.2, 0) is 17.4 Å². The van der Waals surface area contributed by atoms with Gasteiger partial charge in [-0.05, 0) is 43.4 Å². The molecule has 1 aliphatic rings. The Labute approximate surface area is 130 Å². The van der Waals surface area contributed by atoms with Gasteiger partial charge >= 0.3 is 6.18 Å². The fourth-order valence-electron chi connectivity index (χ4n) is 2.47. The molecule has 0 atom stereocenters. The molecule has 1 fully saturated rings. The second-order valence-corrected chi connectivity index (χ2v) is 6.68. The van der Waals surface area contributed by atoms with E-state index in [1.54, 1.807) is 0 Å². The number of alkyl halides is 4. The van der Waals surface area contributed by atoms with Crippen LogP contribution in [0.1, 0.15) is 36.8 Å². The molecular weight excluding hydrogens is 347 g/mol. The number of nitrogens with one attached hydrogen (secondary N) is 1. The molecule has 2 nitrogen and oxygen atoms in total. The van der Waals surface area contributed by atoms with E-state index in [0.717, 1.165) is 37.8 Å². The largest absolute Gasteiger partial charge is 0.416 e. The van der Waals surface area contributed by atoms with Crippen molar-refractivity contribution in [3.8, 4) is 0 Å². The normalized spacial score (nSPS) is 22.9. The highest BCUT2D eigenvalue weighted by Crippen LogP contribution is 2.29. The summed E-state index contributed by atoms with van der Waals surface area (Å²) in [4.78, 5) is 12.4. The van der Waals surface area contributed by atoms with E-state index in [0.29, 0.717) is 10.4 Å². The molecule has 6 heteroatoms. The number of rotatable bonds is 3. The van der Waals surface area contributed by atoms with E-state index in [1.165, 1.54) is 12.1 Å². The maximum atomic E-state index is 12.4. The minimum atomic E-state index is -4.34. The van der Waals surface area contributed by atoms with E-state index < -0.39 is 11.7 Å². The molecule has 1 aliphatic carbocycles. The molecule has 2 rings (SSSR count). The third kappa shape index (κ3) is 5.02. The zero-order chi connectivity index (χ0) is 15.5. The van der Waals surface area contributed by atoms with Crippen molar-refractivity contribution in [3.63, 3.8) is 0 Å². The van der Waals surface area contributed by atoms with Gasteiger partial charge in [-0.15, -0.1) is 0 Å². The molecule has 1 saturated carbocycles. The van der Waals surface area contributed by atoms with Gasteiger partial charge in [0.2, 0.25) is 5.91 Å². The van der Waals surface area contributed by atoms with E-state index in [-0.39, 0.29) is 18.4 Å². The molecule has 0 radical (unpaired) electrons. The van der Waals surface area contributed by atoms with Crippen LogP contribution in [0.15, 0.2) is 24.3 Å². The first-order valence-corrected chi connectivity index (χ1v) is 7.86. The number of halogens is 4. The van der Waals surface area contributed by atoms with Crippen molar-refractivity contribution in [1.82, 2.24) is 5.32 Å². The van der Waals surface area contributed by atoms with Gasteiger partial charge in [-0.2, -0.15) is 13.2 Å². The molecule has 0 heterocycles. The zero-order valence-electron chi connectivity index (χ0n) is 11.4. The highest BCUT2D eigenvalue weighted by Gasteiger charge is 2.30. The quantitative estimate of drug-likeness (QED) is 0.805. The van der Waals surface area contributed by atoms with Crippen molar-refractivity contribution < 1.29 is 18.0 Å². The van der Waals surface area contributed by atoms with Gasteiger partial charge in [-0.3, -0.25) is 4.79 Å². The fourth-order valence-corrected chi connectivity index (χ4v) is 3.00. The molecule has 0 bridgehead atoms. The standard InChI is InChI=1S/C15H17BrF3NO/c16-12-5-7-13(8-6-12)20-14(21)9-10-1-3-11(4-2-10)15(17,18)19/h1-4,12-13H,5-9H2,(H,20,21). The third-order valence-electron chi connectivity index (χ3n) is 3.67. The maximum absolute atomic E-state index is 12.4. The Bertz CT molecular complexity index is 479. The number of amides is 1. The van der Waals surface area contributed by atoms with Crippen molar-refractivity contribution in [2.45, 2.75) is 49.1 Å². The van der Waals surface area contributed by atoms with Crippen LogP contribution in [0.4, 0.5) is 13.2 Å². The average Bonchev–Trinajstić information content (AvgIpc) is 2.41. The lowest BCUT2D eigenvalue weighted by atomic mass is 9.95. The van der Waals surface area contributed by atoms with E-state index in [4.69, 9.17) is 0 Å². The van der Waals surface area contributed by atoms with Crippen molar-refractivity contribution in [1.29, 1.82) is 0 Å². The lowest BCUT2D eigenvalue weighted by molar-refractivity contribution is -0.137. The molecular formula is C15H17BrF3NO. The molecule has 1 aromatic rings. The van der Waals surface area contributed by atoms with Crippen LogP contribution in [-0.4, -0.2) is 16.8 Å². The Balaban J connectivity index is 1.85. The summed E-state index contributed by atoms with van der Waals surface area (Å²) in [6.07, 6.45) is -0.277. The van der Waals surface area contributed by atoms with Crippen LogP contribution in [0.5, 0.6) is 0 Å². The Hall–Kier alpha value is -1.04. The van der Waals surface area contributed by atoms with Crippen LogP contribution in [0.25, 0.3) is 0 Å². The van der Waals surface area contributed by atoms with Gasteiger partial charge in [0.1, 0.15) is 0 Å². The van der Waals surface area contributed by atoms with Gasteiger partial charge in [0, 0.05) is 10.9 Å². The Morgan fingerprint density at radius 2 is 1.71 bits per heavy atom. The van der Waals surface area contributed by atoms with E-state index in [2.05, 4.69) is 21.2 Å². The SMILES string of the molecule is O=C(Cc1ccc(C(F)(F)F)cc1)NC1CCC(Br)CC1.